The fraction of sp³-hybridized carbons (Fsp3) is 0.409. The fourth-order valence-electron chi connectivity index (χ4n) is 3.00. The van der Waals surface area contributed by atoms with Gasteiger partial charge in [0, 0.05) is 42.7 Å². The second-order valence-corrected chi connectivity index (χ2v) is 6.72. The van der Waals surface area contributed by atoms with Crippen molar-refractivity contribution in [3.8, 4) is 5.75 Å². The highest BCUT2D eigenvalue weighted by Gasteiger charge is 2.11. The maximum atomic E-state index is 10.3. The highest BCUT2D eigenvalue weighted by molar-refractivity contribution is 5.84. The Morgan fingerprint density at radius 1 is 1.04 bits per heavy atom. The molecule has 0 aliphatic carbocycles. The number of aromatic hydroxyl groups is 1. The molecule has 1 N–H and O–H groups in total. The molecule has 140 valence electrons. The van der Waals surface area contributed by atoms with E-state index in [-0.39, 0.29) is 5.75 Å². The van der Waals surface area contributed by atoms with E-state index in [1.165, 1.54) is 5.56 Å². The molecule has 2 aromatic rings. The summed E-state index contributed by atoms with van der Waals surface area (Å²) in [5, 5.41) is 10.3. The van der Waals surface area contributed by atoms with Crippen molar-refractivity contribution < 1.29 is 5.11 Å². The van der Waals surface area contributed by atoms with Crippen LogP contribution in [0.15, 0.2) is 53.5 Å². The molecule has 0 amide bonds. The number of phenols is 1. The summed E-state index contributed by atoms with van der Waals surface area (Å²) in [7, 11) is 4.17. The third-order valence-corrected chi connectivity index (χ3v) is 4.73. The van der Waals surface area contributed by atoms with Crippen molar-refractivity contribution >= 4 is 11.9 Å². The molecule has 0 spiro atoms. The quantitative estimate of drug-likeness (QED) is 0.697. The zero-order valence-corrected chi connectivity index (χ0v) is 16.4. The molecule has 0 heterocycles. The molecule has 0 unspecified atom stereocenters. The SMILES string of the molecule is CCN(CC)c1ccc(C=NC[C@@H](Cc2ccccc2)N(C)C)c(O)c1. The second kappa shape index (κ2) is 9.97. The summed E-state index contributed by atoms with van der Waals surface area (Å²) in [6.45, 7) is 6.77. The summed E-state index contributed by atoms with van der Waals surface area (Å²) < 4.78 is 0. The molecule has 4 nitrogen and oxygen atoms in total. The highest BCUT2D eigenvalue weighted by atomic mass is 16.3. The minimum absolute atomic E-state index is 0.280. The van der Waals surface area contributed by atoms with Crippen LogP contribution in [0.1, 0.15) is 25.0 Å². The lowest BCUT2D eigenvalue weighted by atomic mass is 10.1. The van der Waals surface area contributed by atoms with Crippen molar-refractivity contribution in [2.24, 2.45) is 4.99 Å². The zero-order chi connectivity index (χ0) is 18.9. The number of hydrogen-bond acceptors (Lipinski definition) is 4. The maximum Gasteiger partial charge on any atom is 0.126 e. The van der Waals surface area contributed by atoms with Gasteiger partial charge in [-0.15, -0.1) is 0 Å². The van der Waals surface area contributed by atoms with Crippen LogP contribution in [0.5, 0.6) is 5.75 Å². The second-order valence-electron chi connectivity index (χ2n) is 6.72. The van der Waals surface area contributed by atoms with E-state index < -0.39 is 0 Å². The summed E-state index contributed by atoms with van der Waals surface area (Å²) in [5.74, 6) is 0.280. The normalized spacial score (nSPS) is 12.7. The van der Waals surface area contributed by atoms with Gasteiger partial charge in [0.1, 0.15) is 5.75 Å². The van der Waals surface area contributed by atoms with Gasteiger partial charge >= 0.3 is 0 Å². The van der Waals surface area contributed by atoms with Crippen LogP contribution in [0.3, 0.4) is 0 Å². The van der Waals surface area contributed by atoms with Gasteiger partial charge in [0.2, 0.25) is 0 Å². The van der Waals surface area contributed by atoms with Gasteiger partial charge in [-0.25, -0.2) is 0 Å². The lowest BCUT2D eigenvalue weighted by Gasteiger charge is -2.23. The molecule has 0 aliphatic rings. The molecule has 0 saturated carbocycles. The summed E-state index contributed by atoms with van der Waals surface area (Å²) >= 11 is 0. The van der Waals surface area contributed by atoms with Crippen LogP contribution in [-0.4, -0.2) is 56.0 Å². The van der Waals surface area contributed by atoms with Crippen LogP contribution in [0.4, 0.5) is 5.69 Å². The third-order valence-electron chi connectivity index (χ3n) is 4.73. The first-order chi connectivity index (χ1) is 12.5. The van der Waals surface area contributed by atoms with Gasteiger partial charge in [0.25, 0.3) is 0 Å². The van der Waals surface area contributed by atoms with Gasteiger partial charge in [0.05, 0.1) is 6.54 Å². The molecule has 0 saturated heterocycles. The minimum Gasteiger partial charge on any atom is -0.507 e. The van der Waals surface area contributed by atoms with E-state index in [2.05, 4.69) is 67.0 Å². The van der Waals surface area contributed by atoms with E-state index >= 15 is 0 Å². The monoisotopic (exact) mass is 353 g/mol. The van der Waals surface area contributed by atoms with E-state index in [0.29, 0.717) is 12.6 Å². The number of benzene rings is 2. The smallest absolute Gasteiger partial charge is 0.126 e. The van der Waals surface area contributed by atoms with Crippen molar-refractivity contribution in [1.29, 1.82) is 0 Å². The average molecular weight is 354 g/mol. The molecule has 0 aromatic heterocycles. The molecular formula is C22H31N3O. The van der Waals surface area contributed by atoms with Gasteiger partial charge in [-0.3, -0.25) is 4.99 Å². The van der Waals surface area contributed by atoms with Gasteiger partial charge in [-0.2, -0.15) is 0 Å². The topological polar surface area (TPSA) is 39.1 Å². The number of aliphatic imine (C=N–C) groups is 1. The standard InChI is InChI=1S/C22H31N3O/c1-5-25(6-2)20-13-12-19(22(26)15-20)16-23-17-21(24(3)4)14-18-10-8-7-9-11-18/h7-13,15-16,21,26H,5-6,14,17H2,1-4H3/t21-/m1/s1. The van der Waals surface area contributed by atoms with E-state index in [4.69, 9.17) is 0 Å². The van der Waals surface area contributed by atoms with E-state index in [1.807, 2.05) is 24.3 Å². The van der Waals surface area contributed by atoms with Crippen LogP contribution < -0.4 is 4.90 Å². The first-order valence-corrected chi connectivity index (χ1v) is 9.33. The Labute approximate surface area is 157 Å². The summed E-state index contributed by atoms with van der Waals surface area (Å²) in [6.07, 6.45) is 2.74. The highest BCUT2D eigenvalue weighted by Crippen LogP contribution is 2.23. The van der Waals surface area contributed by atoms with E-state index in [9.17, 15) is 5.11 Å². The molecule has 0 fully saturated rings. The molecule has 2 aromatic carbocycles. The summed E-state index contributed by atoms with van der Waals surface area (Å²) in [4.78, 5) is 9.01. The van der Waals surface area contributed by atoms with Crippen LogP contribution >= 0.6 is 0 Å². The Hall–Kier alpha value is -2.33. The van der Waals surface area contributed by atoms with Crippen LogP contribution in [0, 0.1) is 0 Å². The minimum atomic E-state index is 0.280. The lowest BCUT2D eigenvalue weighted by Crippen LogP contribution is -2.32. The van der Waals surface area contributed by atoms with Crippen molar-refractivity contribution in [3.63, 3.8) is 0 Å². The largest absolute Gasteiger partial charge is 0.507 e. The molecule has 0 radical (unpaired) electrons. The lowest BCUT2D eigenvalue weighted by molar-refractivity contribution is 0.298. The average Bonchev–Trinajstić information content (AvgIpc) is 2.64. The number of rotatable bonds is 9. The van der Waals surface area contributed by atoms with E-state index in [0.717, 1.165) is 30.8 Å². The molecule has 2 rings (SSSR count). The van der Waals surface area contributed by atoms with Gasteiger partial charge in [-0.05, 0) is 52.1 Å². The van der Waals surface area contributed by atoms with Crippen LogP contribution in [-0.2, 0) is 6.42 Å². The number of phenolic OH excluding ortho intramolecular Hbond substituents is 1. The van der Waals surface area contributed by atoms with Crippen molar-refractivity contribution in [1.82, 2.24) is 4.90 Å². The number of hydrogen-bond donors (Lipinski definition) is 1. The predicted molar refractivity (Wildman–Crippen MR) is 112 cm³/mol. The number of likely N-dealkylation sites (N-methyl/N-ethyl adjacent to an activating group) is 1. The molecule has 4 heteroatoms. The number of nitrogens with zero attached hydrogens (tertiary/aromatic N) is 3. The molecule has 0 aliphatic heterocycles. The first kappa shape index (κ1) is 20.0. The zero-order valence-electron chi connectivity index (χ0n) is 16.4. The van der Waals surface area contributed by atoms with Gasteiger partial charge in [0.15, 0.2) is 0 Å². The van der Waals surface area contributed by atoms with Crippen molar-refractivity contribution in [3.05, 3.63) is 59.7 Å². The van der Waals surface area contributed by atoms with Crippen LogP contribution in [0.25, 0.3) is 0 Å². The third kappa shape index (κ3) is 5.60. The summed E-state index contributed by atoms with van der Waals surface area (Å²) in [5.41, 5.74) is 3.12. The molecule has 0 bridgehead atoms. The first-order valence-electron chi connectivity index (χ1n) is 9.33. The van der Waals surface area contributed by atoms with Crippen molar-refractivity contribution in [2.75, 3.05) is 38.6 Å². The predicted octanol–water partition coefficient (Wildman–Crippen LogP) is 3.83. The molecular weight excluding hydrogens is 322 g/mol. The fourth-order valence-corrected chi connectivity index (χ4v) is 3.00. The Bertz CT molecular complexity index is 694. The van der Waals surface area contributed by atoms with Gasteiger partial charge < -0.3 is 14.9 Å². The van der Waals surface area contributed by atoms with Crippen molar-refractivity contribution in [2.45, 2.75) is 26.3 Å². The maximum absolute atomic E-state index is 10.3. The Morgan fingerprint density at radius 3 is 2.31 bits per heavy atom. The number of anilines is 1. The molecule has 1 atom stereocenters. The van der Waals surface area contributed by atoms with Crippen LogP contribution in [0.2, 0.25) is 0 Å². The Balaban J connectivity index is 2.03. The van der Waals surface area contributed by atoms with Gasteiger partial charge in [-0.1, -0.05) is 30.3 Å². The molecule has 26 heavy (non-hydrogen) atoms. The van der Waals surface area contributed by atoms with E-state index in [1.54, 1.807) is 6.21 Å². The summed E-state index contributed by atoms with van der Waals surface area (Å²) in [6, 6.07) is 16.6. The Kier molecular flexibility index (Phi) is 7.67. The Morgan fingerprint density at radius 2 is 1.73 bits per heavy atom.